The van der Waals surface area contributed by atoms with Gasteiger partial charge in [-0.05, 0) is 62.3 Å². The molecular formula is C32H42F3N5O5Si. The zero-order chi connectivity index (χ0) is 33.1. The Labute approximate surface area is 267 Å². The fraction of sp³-hybridized carbons (Fsp3) is 0.562. The molecule has 2 N–H and O–H groups in total. The number of likely N-dealkylation sites (tertiary alicyclic amines) is 1. The Balaban J connectivity index is 1.37. The van der Waals surface area contributed by atoms with Gasteiger partial charge in [0.2, 0.25) is 5.91 Å². The monoisotopic (exact) mass is 661 g/mol. The van der Waals surface area contributed by atoms with Crippen molar-refractivity contribution < 1.29 is 37.3 Å². The normalized spacial score (nSPS) is 20.8. The van der Waals surface area contributed by atoms with Crippen LogP contribution < -0.4 is 10.1 Å². The van der Waals surface area contributed by atoms with E-state index in [0.717, 1.165) is 49.2 Å². The van der Waals surface area contributed by atoms with Gasteiger partial charge < -0.3 is 24.8 Å². The highest BCUT2D eigenvalue weighted by Gasteiger charge is 2.34. The molecule has 10 nitrogen and oxygen atoms in total. The van der Waals surface area contributed by atoms with Crippen molar-refractivity contribution in [3.8, 4) is 5.75 Å². The summed E-state index contributed by atoms with van der Waals surface area (Å²) >= 11 is 0. The first-order valence-corrected chi connectivity index (χ1v) is 19.5. The highest BCUT2D eigenvalue weighted by Crippen LogP contribution is 2.36. The van der Waals surface area contributed by atoms with Crippen LogP contribution in [-0.4, -0.2) is 77.3 Å². The molecule has 46 heavy (non-hydrogen) atoms. The fourth-order valence-electron chi connectivity index (χ4n) is 5.84. The summed E-state index contributed by atoms with van der Waals surface area (Å²) in [7, 11) is -1.29. The molecule has 1 aliphatic heterocycles. The lowest BCUT2D eigenvalue weighted by molar-refractivity contribution is -0.141. The molecule has 5 rings (SSSR count). The number of amides is 2. The van der Waals surface area contributed by atoms with E-state index in [1.165, 1.54) is 6.07 Å². The van der Waals surface area contributed by atoms with Crippen molar-refractivity contribution >= 4 is 36.5 Å². The molecule has 1 saturated heterocycles. The van der Waals surface area contributed by atoms with Gasteiger partial charge in [0.1, 0.15) is 30.5 Å². The molecule has 14 heteroatoms. The number of nitrogens with one attached hydrogen (secondary N) is 1. The molecule has 1 saturated carbocycles. The van der Waals surface area contributed by atoms with Crippen LogP contribution in [0, 0.1) is 5.92 Å². The summed E-state index contributed by atoms with van der Waals surface area (Å²) in [5.41, 5.74) is -0.673. The summed E-state index contributed by atoms with van der Waals surface area (Å²) in [6.07, 6.45) is 1.69. The van der Waals surface area contributed by atoms with Gasteiger partial charge in [-0.1, -0.05) is 25.7 Å². The molecule has 1 aliphatic carbocycles. The maximum absolute atomic E-state index is 13.3. The number of pyridine rings is 1. The van der Waals surface area contributed by atoms with Crippen LogP contribution in [0.15, 0.2) is 36.5 Å². The summed E-state index contributed by atoms with van der Waals surface area (Å²) in [6, 6.07) is 7.45. The Morgan fingerprint density at radius 3 is 2.59 bits per heavy atom. The van der Waals surface area contributed by atoms with Crippen LogP contribution in [0.1, 0.15) is 60.7 Å². The van der Waals surface area contributed by atoms with E-state index in [2.05, 4.69) is 29.9 Å². The second-order valence-corrected chi connectivity index (χ2v) is 19.1. The minimum atomic E-state index is -4.70. The van der Waals surface area contributed by atoms with E-state index in [9.17, 15) is 27.9 Å². The number of carbonyl (C=O) groups is 2. The highest BCUT2D eigenvalue weighted by atomic mass is 28.3. The lowest BCUT2D eigenvalue weighted by Gasteiger charge is -2.27. The zero-order valence-corrected chi connectivity index (χ0v) is 27.5. The number of rotatable bonds is 12. The largest absolute Gasteiger partial charge is 0.489 e. The second kappa shape index (κ2) is 14.1. The number of benzene rings is 1. The Morgan fingerprint density at radius 2 is 1.89 bits per heavy atom. The summed E-state index contributed by atoms with van der Waals surface area (Å²) < 4.78 is 53.8. The lowest BCUT2D eigenvalue weighted by atomic mass is 9.87. The van der Waals surface area contributed by atoms with Crippen LogP contribution >= 0.6 is 0 Å². The first-order chi connectivity index (χ1) is 21.8. The summed E-state index contributed by atoms with van der Waals surface area (Å²) in [5, 5.41) is 17.7. The van der Waals surface area contributed by atoms with Crippen molar-refractivity contribution in [2.24, 2.45) is 5.92 Å². The van der Waals surface area contributed by atoms with Crippen molar-refractivity contribution in [3.63, 3.8) is 0 Å². The SMILES string of the molecule is C[Si](C)(C)CCOCN1C(=O)CC[C@@H]1COc1cc2nn(C3CCC(CO)CC3)cc2cc1NC(=O)c1cccc(C(F)(F)F)n1. The maximum atomic E-state index is 13.3. The van der Waals surface area contributed by atoms with Crippen LogP contribution in [0.2, 0.25) is 25.7 Å². The standard InChI is InChI=1S/C32H42F3N5O5Si/c1-46(2,3)14-13-44-20-39-24(11-12-30(39)42)19-45-28-16-26-22(17-40(38-26)23-9-7-21(18-41)8-10-23)15-27(28)37-31(43)25-5-4-6-29(36-25)32(33,34)35/h4-6,15-17,21,23-24,41H,7-14,18-20H2,1-3H3,(H,37,43)/t21?,23?,24-/m1/s1. The number of anilines is 1. The van der Waals surface area contributed by atoms with E-state index in [1.807, 2.05) is 10.9 Å². The average molecular weight is 662 g/mol. The highest BCUT2D eigenvalue weighted by molar-refractivity contribution is 6.76. The van der Waals surface area contributed by atoms with Gasteiger partial charge in [0.15, 0.2) is 0 Å². The third-order valence-corrected chi connectivity index (χ3v) is 10.4. The molecule has 0 unspecified atom stereocenters. The van der Waals surface area contributed by atoms with Gasteiger partial charge in [-0.15, -0.1) is 0 Å². The summed E-state index contributed by atoms with van der Waals surface area (Å²) in [5.74, 6) is -0.268. The molecule has 0 radical (unpaired) electrons. The quantitative estimate of drug-likeness (QED) is 0.178. The van der Waals surface area contributed by atoms with Gasteiger partial charge in [0, 0.05) is 45.4 Å². The number of aliphatic hydroxyl groups excluding tert-OH is 1. The maximum Gasteiger partial charge on any atom is 0.433 e. The first-order valence-electron chi connectivity index (χ1n) is 15.8. The van der Waals surface area contributed by atoms with E-state index in [0.29, 0.717) is 30.9 Å². The number of fused-ring (bicyclic) bond motifs is 1. The van der Waals surface area contributed by atoms with Gasteiger partial charge in [0.05, 0.1) is 23.3 Å². The average Bonchev–Trinajstić information content (AvgIpc) is 3.59. The molecule has 2 aromatic heterocycles. The van der Waals surface area contributed by atoms with Crippen LogP contribution in [0.4, 0.5) is 18.9 Å². The minimum Gasteiger partial charge on any atom is -0.489 e. The zero-order valence-electron chi connectivity index (χ0n) is 26.5. The Kier molecular flexibility index (Phi) is 10.4. The van der Waals surface area contributed by atoms with Crippen LogP contribution in [-0.2, 0) is 15.7 Å². The molecule has 1 aromatic carbocycles. The van der Waals surface area contributed by atoms with E-state index >= 15 is 0 Å². The predicted molar refractivity (Wildman–Crippen MR) is 169 cm³/mol. The van der Waals surface area contributed by atoms with Crippen LogP contribution in [0.3, 0.4) is 0 Å². The third kappa shape index (κ3) is 8.45. The minimum absolute atomic E-state index is 0.0177. The van der Waals surface area contributed by atoms with E-state index in [-0.39, 0.29) is 55.1 Å². The number of halogens is 3. The summed E-state index contributed by atoms with van der Waals surface area (Å²) in [6.45, 7) is 7.83. The number of aromatic nitrogens is 3. The number of carbonyl (C=O) groups excluding carboxylic acids is 2. The van der Waals surface area contributed by atoms with E-state index in [4.69, 9.17) is 14.6 Å². The molecular weight excluding hydrogens is 619 g/mol. The molecule has 2 aliphatic rings. The number of ether oxygens (including phenoxy) is 2. The topological polar surface area (TPSA) is 119 Å². The molecule has 250 valence electrons. The molecule has 0 spiro atoms. The smallest absolute Gasteiger partial charge is 0.433 e. The number of hydrogen-bond donors (Lipinski definition) is 2. The number of aliphatic hydroxyl groups is 1. The predicted octanol–water partition coefficient (Wildman–Crippen LogP) is 6.11. The van der Waals surface area contributed by atoms with Gasteiger partial charge in [0.25, 0.3) is 5.91 Å². The molecule has 2 amide bonds. The Hall–Kier alpha value is -3.49. The number of alkyl halides is 3. The van der Waals surface area contributed by atoms with Gasteiger partial charge in [-0.3, -0.25) is 14.3 Å². The molecule has 3 aromatic rings. The van der Waals surface area contributed by atoms with Crippen molar-refractivity contribution in [2.45, 2.75) is 82.5 Å². The molecule has 3 heterocycles. The molecule has 2 fully saturated rings. The van der Waals surface area contributed by atoms with Crippen molar-refractivity contribution in [1.29, 1.82) is 0 Å². The van der Waals surface area contributed by atoms with Crippen molar-refractivity contribution in [1.82, 2.24) is 19.7 Å². The van der Waals surface area contributed by atoms with Gasteiger partial charge in [-0.2, -0.15) is 18.3 Å². The number of nitrogens with zero attached hydrogens (tertiary/aromatic N) is 4. The van der Waals surface area contributed by atoms with Gasteiger partial charge in [-0.25, -0.2) is 4.98 Å². The lowest BCUT2D eigenvalue weighted by Crippen LogP contribution is -2.39. The van der Waals surface area contributed by atoms with Crippen LogP contribution in [0.25, 0.3) is 10.9 Å². The first kappa shape index (κ1) is 33.9. The van der Waals surface area contributed by atoms with E-state index in [1.54, 1.807) is 17.0 Å². The van der Waals surface area contributed by atoms with Crippen molar-refractivity contribution in [2.75, 3.05) is 31.9 Å². The Bertz CT molecular complexity index is 1530. The molecule has 0 bridgehead atoms. The molecule has 1 atom stereocenters. The fourth-order valence-corrected chi connectivity index (χ4v) is 6.60. The van der Waals surface area contributed by atoms with Crippen molar-refractivity contribution in [3.05, 3.63) is 47.9 Å². The second-order valence-electron chi connectivity index (χ2n) is 13.4. The summed E-state index contributed by atoms with van der Waals surface area (Å²) in [4.78, 5) is 31.0. The van der Waals surface area contributed by atoms with Crippen LogP contribution in [0.5, 0.6) is 5.75 Å². The van der Waals surface area contributed by atoms with E-state index < -0.39 is 25.9 Å². The van der Waals surface area contributed by atoms with Gasteiger partial charge >= 0.3 is 6.18 Å². The Morgan fingerprint density at radius 1 is 1.13 bits per heavy atom. The third-order valence-electron chi connectivity index (χ3n) is 8.70. The number of hydrogen-bond acceptors (Lipinski definition) is 7.